The fourth-order valence-electron chi connectivity index (χ4n) is 4.67. The van der Waals surface area contributed by atoms with E-state index in [-0.39, 0.29) is 18.1 Å². The second-order valence-corrected chi connectivity index (χ2v) is 9.64. The molecule has 4 aromatic carbocycles. The monoisotopic (exact) mass is 553 g/mol. The van der Waals surface area contributed by atoms with Crippen LogP contribution < -0.4 is 15.4 Å². The van der Waals surface area contributed by atoms with E-state index in [9.17, 15) is 18.8 Å². The molecule has 0 aromatic heterocycles. The van der Waals surface area contributed by atoms with E-state index >= 15 is 0 Å². The van der Waals surface area contributed by atoms with Crippen LogP contribution in [0.3, 0.4) is 0 Å². The van der Waals surface area contributed by atoms with Gasteiger partial charge in [0.25, 0.3) is 11.8 Å². The number of halogens is 1. The Balaban J connectivity index is 1.40. The van der Waals surface area contributed by atoms with Gasteiger partial charge in [-0.2, -0.15) is 0 Å². The molecule has 1 aliphatic heterocycles. The summed E-state index contributed by atoms with van der Waals surface area (Å²) in [5.41, 5.74) is 3.59. The molecule has 5 rings (SSSR count). The number of aryl methyl sites for hydroxylation is 1. The van der Waals surface area contributed by atoms with E-state index in [0.717, 1.165) is 11.1 Å². The van der Waals surface area contributed by atoms with Gasteiger partial charge < -0.3 is 20.1 Å². The normalized spacial score (nSPS) is 16.2. The number of hydrogen-bond acceptors (Lipinski definition) is 5. The molecule has 0 bridgehead atoms. The van der Waals surface area contributed by atoms with Crippen molar-refractivity contribution in [3.8, 4) is 5.75 Å². The fourth-order valence-corrected chi connectivity index (χ4v) is 4.67. The summed E-state index contributed by atoms with van der Waals surface area (Å²) in [5.74, 6) is -0.924. The number of hydrogen-bond donors (Lipinski definition) is 2. The first-order chi connectivity index (χ1) is 19.8. The molecular weight excluding hydrogens is 525 g/mol. The summed E-state index contributed by atoms with van der Waals surface area (Å²) >= 11 is 0. The molecule has 1 heterocycles. The molecule has 2 atom stereocenters. The van der Waals surface area contributed by atoms with Gasteiger partial charge in [0, 0.05) is 11.4 Å². The van der Waals surface area contributed by atoms with Crippen molar-refractivity contribution < 1.29 is 28.2 Å². The van der Waals surface area contributed by atoms with Gasteiger partial charge in [-0.3, -0.25) is 14.5 Å². The number of cyclic esters (lactones) is 1. The molecule has 2 N–H and O–H groups in total. The van der Waals surface area contributed by atoms with Gasteiger partial charge in [-0.05, 0) is 60.5 Å². The second-order valence-electron chi connectivity index (χ2n) is 9.64. The quantitative estimate of drug-likeness (QED) is 0.275. The Bertz CT molecular complexity index is 1570. The molecule has 1 fully saturated rings. The first kappa shape index (κ1) is 27.4. The van der Waals surface area contributed by atoms with Crippen molar-refractivity contribution in [3.63, 3.8) is 0 Å². The highest BCUT2D eigenvalue weighted by atomic mass is 19.1. The van der Waals surface area contributed by atoms with Gasteiger partial charge in [0.1, 0.15) is 11.6 Å². The van der Waals surface area contributed by atoms with Crippen LogP contribution in [-0.4, -0.2) is 36.0 Å². The highest BCUT2D eigenvalue weighted by Crippen LogP contribution is 2.35. The van der Waals surface area contributed by atoms with E-state index in [0.29, 0.717) is 22.6 Å². The average molecular weight is 554 g/mol. The predicted molar refractivity (Wildman–Crippen MR) is 152 cm³/mol. The number of carbonyl (C=O) groups excluding carboxylic acids is 3. The van der Waals surface area contributed by atoms with Crippen molar-refractivity contribution in [2.45, 2.75) is 25.6 Å². The maximum atomic E-state index is 13.8. The number of amides is 3. The van der Waals surface area contributed by atoms with E-state index < -0.39 is 30.0 Å². The minimum Gasteiger partial charge on any atom is -0.496 e. The summed E-state index contributed by atoms with van der Waals surface area (Å²) < 4.78 is 24.8. The zero-order valence-corrected chi connectivity index (χ0v) is 22.5. The van der Waals surface area contributed by atoms with Crippen LogP contribution in [-0.2, 0) is 16.1 Å². The van der Waals surface area contributed by atoms with Crippen LogP contribution in [0.5, 0.6) is 5.75 Å². The molecule has 0 unspecified atom stereocenters. The van der Waals surface area contributed by atoms with Gasteiger partial charge in [0.15, 0.2) is 12.1 Å². The van der Waals surface area contributed by atoms with Gasteiger partial charge in [-0.15, -0.1) is 0 Å². The molecule has 41 heavy (non-hydrogen) atoms. The maximum absolute atomic E-state index is 13.8. The van der Waals surface area contributed by atoms with Crippen molar-refractivity contribution in [1.82, 2.24) is 4.90 Å². The Morgan fingerprint density at radius 3 is 2.34 bits per heavy atom. The Morgan fingerprint density at radius 1 is 0.902 bits per heavy atom. The van der Waals surface area contributed by atoms with Crippen LogP contribution in [0, 0.1) is 12.7 Å². The highest BCUT2D eigenvalue weighted by Gasteiger charge is 2.47. The lowest BCUT2D eigenvalue weighted by atomic mass is 10.00. The van der Waals surface area contributed by atoms with Crippen molar-refractivity contribution >= 4 is 29.3 Å². The minimum atomic E-state index is -1.04. The van der Waals surface area contributed by atoms with E-state index in [1.54, 1.807) is 54.6 Å². The second kappa shape index (κ2) is 11.9. The molecule has 1 aliphatic rings. The van der Waals surface area contributed by atoms with E-state index in [2.05, 4.69) is 10.6 Å². The van der Waals surface area contributed by atoms with Crippen molar-refractivity contribution in [2.24, 2.45) is 0 Å². The molecule has 208 valence electrons. The van der Waals surface area contributed by atoms with Crippen LogP contribution in [0.25, 0.3) is 0 Å². The standard InChI is InChI=1S/C32H28FN3O5/c1-20-10-12-21(13-11-20)19-36-28(31(38)35-25-7-5-6-23(33)18-25)29(41-32(36)39)22-14-16-24(17-15-22)34-30(37)26-8-3-4-9-27(26)40-2/h3-18,28-29H,19H2,1-2H3,(H,34,37)(H,35,38)/t28-,29+/m1/s1. The third kappa shape index (κ3) is 6.19. The van der Waals surface area contributed by atoms with Crippen LogP contribution in [0.1, 0.15) is 33.2 Å². The smallest absolute Gasteiger partial charge is 0.411 e. The summed E-state index contributed by atoms with van der Waals surface area (Å²) in [4.78, 5) is 40.8. The van der Waals surface area contributed by atoms with Gasteiger partial charge in [0.2, 0.25) is 0 Å². The maximum Gasteiger partial charge on any atom is 0.411 e. The summed E-state index contributed by atoms with van der Waals surface area (Å²) in [6, 6.07) is 25.7. The summed E-state index contributed by atoms with van der Waals surface area (Å²) in [7, 11) is 1.49. The predicted octanol–water partition coefficient (Wildman–Crippen LogP) is 6.10. The van der Waals surface area contributed by atoms with Crippen LogP contribution in [0.2, 0.25) is 0 Å². The van der Waals surface area contributed by atoms with Crippen molar-refractivity contribution in [3.05, 3.63) is 125 Å². The molecule has 0 spiro atoms. The molecule has 1 saturated heterocycles. The van der Waals surface area contributed by atoms with Gasteiger partial charge in [0.05, 0.1) is 19.2 Å². The van der Waals surface area contributed by atoms with E-state index in [1.165, 1.54) is 30.2 Å². The number of carbonyl (C=O) groups is 3. The molecule has 3 amide bonds. The largest absolute Gasteiger partial charge is 0.496 e. The number of nitrogens with zero attached hydrogens (tertiary/aromatic N) is 1. The number of para-hydroxylation sites is 1. The average Bonchev–Trinajstić information content (AvgIpc) is 3.30. The van der Waals surface area contributed by atoms with E-state index in [4.69, 9.17) is 9.47 Å². The number of anilines is 2. The third-order valence-electron chi connectivity index (χ3n) is 6.77. The zero-order chi connectivity index (χ0) is 28.9. The number of ether oxygens (including phenoxy) is 2. The van der Waals surface area contributed by atoms with Gasteiger partial charge >= 0.3 is 6.09 Å². The van der Waals surface area contributed by atoms with Gasteiger partial charge in [-0.1, -0.05) is 60.2 Å². The summed E-state index contributed by atoms with van der Waals surface area (Å²) in [6.45, 7) is 2.10. The van der Waals surface area contributed by atoms with Crippen LogP contribution in [0.4, 0.5) is 20.6 Å². The molecule has 0 aliphatic carbocycles. The molecule has 0 radical (unpaired) electrons. The highest BCUT2D eigenvalue weighted by molar-refractivity contribution is 6.06. The molecule has 9 heteroatoms. The van der Waals surface area contributed by atoms with Crippen molar-refractivity contribution in [2.75, 3.05) is 17.7 Å². The molecule has 8 nitrogen and oxygen atoms in total. The lowest BCUT2D eigenvalue weighted by Gasteiger charge is -2.24. The Morgan fingerprint density at radius 2 is 1.63 bits per heavy atom. The topological polar surface area (TPSA) is 97.0 Å². The minimum absolute atomic E-state index is 0.143. The number of rotatable bonds is 8. The molecule has 0 saturated carbocycles. The number of benzene rings is 4. The lowest BCUT2D eigenvalue weighted by molar-refractivity contribution is -0.121. The zero-order valence-electron chi connectivity index (χ0n) is 22.5. The van der Waals surface area contributed by atoms with Crippen molar-refractivity contribution in [1.29, 1.82) is 0 Å². The lowest BCUT2D eigenvalue weighted by Crippen LogP contribution is -2.43. The molecule has 4 aromatic rings. The Labute approximate surface area is 236 Å². The van der Waals surface area contributed by atoms with E-state index in [1.807, 2.05) is 31.2 Å². The fraction of sp³-hybridized carbons (Fsp3) is 0.156. The first-order valence-corrected chi connectivity index (χ1v) is 13.0. The Kier molecular flexibility index (Phi) is 7.96. The number of methoxy groups -OCH3 is 1. The summed E-state index contributed by atoms with van der Waals surface area (Å²) in [6.07, 6.45) is -1.59. The molecular formula is C32H28FN3O5. The Hall–Kier alpha value is -5.18. The van der Waals surface area contributed by atoms with Crippen LogP contribution in [0.15, 0.2) is 97.1 Å². The van der Waals surface area contributed by atoms with Crippen LogP contribution >= 0.6 is 0 Å². The van der Waals surface area contributed by atoms with Gasteiger partial charge in [-0.25, -0.2) is 9.18 Å². The SMILES string of the molecule is COc1ccccc1C(=O)Nc1ccc([C@@H]2OC(=O)N(Cc3ccc(C)cc3)[C@H]2C(=O)Nc2cccc(F)c2)cc1. The third-order valence-corrected chi connectivity index (χ3v) is 6.77. The number of nitrogens with one attached hydrogen (secondary N) is 2. The summed E-state index contributed by atoms with van der Waals surface area (Å²) in [5, 5.41) is 5.54. The first-order valence-electron chi connectivity index (χ1n) is 13.0.